The Labute approximate surface area is 193 Å². The standard InChI is InChI=1S/C27H29N3OS/c1-27(21-9-5-4-6-10-21,19-25-29-23-11-7-8-12-24(23)32-25)26(31)28-22-15-13-20(14-16-22)17-18-30(2)3/h4-16H,17-19H2,1-3H3,(H,28,31). The number of nitrogens with one attached hydrogen (secondary N) is 1. The SMILES string of the molecule is CN(C)CCc1ccc(NC(=O)C(C)(Cc2nc3ccccc3s2)c2ccccc2)cc1. The van der Waals surface area contributed by atoms with Crippen molar-refractivity contribution in [1.29, 1.82) is 0 Å². The van der Waals surface area contributed by atoms with Gasteiger partial charge in [-0.05, 0) is 62.8 Å². The summed E-state index contributed by atoms with van der Waals surface area (Å²) in [6.07, 6.45) is 1.53. The zero-order valence-corrected chi connectivity index (χ0v) is 19.7. The molecule has 0 aliphatic heterocycles. The van der Waals surface area contributed by atoms with Crippen LogP contribution in [0.4, 0.5) is 5.69 Å². The monoisotopic (exact) mass is 443 g/mol. The second-order valence-corrected chi connectivity index (χ2v) is 9.77. The number of hydrogen-bond donors (Lipinski definition) is 1. The van der Waals surface area contributed by atoms with Crippen LogP contribution in [0, 0.1) is 0 Å². The van der Waals surface area contributed by atoms with Gasteiger partial charge in [0, 0.05) is 18.7 Å². The van der Waals surface area contributed by atoms with Gasteiger partial charge >= 0.3 is 0 Å². The highest BCUT2D eigenvalue weighted by Crippen LogP contribution is 2.33. The molecule has 1 heterocycles. The van der Waals surface area contributed by atoms with Crippen LogP contribution in [-0.4, -0.2) is 36.4 Å². The van der Waals surface area contributed by atoms with E-state index in [9.17, 15) is 4.79 Å². The summed E-state index contributed by atoms with van der Waals surface area (Å²) in [5.41, 5.74) is 3.31. The van der Waals surface area contributed by atoms with Crippen molar-refractivity contribution in [2.75, 3.05) is 26.0 Å². The number of fused-ring (bicyclic) bond motifs is 1. The van der Waals surface area contributed by atoms with E-state index >= 15 is 0 Å². The number of likely N-dealkylation sites (N-methyl/N-ethyl adjacent to an activating group) is 1. The third kappa shape index (κ3) is 5.06. The second kappa shape index (κ2) is 9.63. The van der Waals surface area contributed by atoms with E-state index in [0.29, 0.717) is 6.42 Å². The van der Waals surface area contributed by atoms with Crippen LogP contribution < -0.4 is 5.32 Å². The molecule has 0 spiro atoms. The number of benzene rings is 3. The Bertz CT molecular complexity index is 1150. The number of hydrogen-bond acceptors (Lipinski definition) is 4. The molecule has 0 radical (unpaired) electrons. The minimum Gasteiger partial charge on any atom is -0.325 e. The number of anilines is 1. The van der Waals surface area contributed by atoms with Gasteiger partial charge in [-0.3, -0.25) is 4.79 Å². The van der Waals surface area contributed by atoms with E-state index in [1.807, 2.05) is 67.6 Å². The molecule has 0 aliphatic rings. The summed E-state index contributed by atoms with van der Waals surface area (Å²) in [5, 5.41) is 4.12. The zero-order chi connectivity index (χ0) is 22.6. The van der Waals surface area contributed by atoms with E-state index in [1.54, 1.807) is 11.3 Å². The first-order chi connectivity index (χ1) is 15.4. The van der Waals surface area contributed by atoms with Crippen LogP contribution in [-0.2, 0) is 23.1 Å². The minimum absolute atomic E-state index is 0.0241. The summed E-state index contributed by atoms with van der Waals surface area (Å²) < 4.78 is 1.15. The number of thiazole rings is 1. The van der Waals surface area contributed by atoms with Gasteiger partial charge in [-0.15, -0.1) is 11.3 Å². The van der Waals surface area contributed by atoms with Gasteiger partial charge in [0.25, 0.3) is 0 Å². The first-order valence-corrected chi connectivity index (χ1v) is 11.7. The Hall–Kier alpha value is -3.02. The lowest BCUT2D eigenvalue weighted by molar-refractivity contribution is -0.121. The predicted octanol–water partition coefficient (Wildman–Crippen LogP) is 5.54. The molecule has 5 heteroatoms. The quantitative estimate of drug-likeness (QED) is 0.389. The Morgan fingerprint density at radius 3 is 2.34 bits per heavy atom. The highest BCUT2D eigenvalue weighted by molar-refractivity contribution is 7.18. The number of rotatable bonds is 8. The van der Waals surface area contributed by atoms with E-state index in [4.69, 9.17) is 4.98 Å². The topological polar surface area (TPSA) is 45.2 Å². The van der Waals surface area contributed by atoms with E-state index in [0.717, 1.165) is 39.4 Å². The van der Waals surface area contributed by atoms with Gasteiger partial charge in [0.2, 0.25) is 5.91 Å². The first kappa shape index (κ1) is 22.2. The second-order valence-electron chi connectivity index (χ2n) is 8.65. The van der Waals surface area contributed by atoms with Crippen molar-refractivity contribution in [2.24, 2.45) is 0 Å². The van der Waals surface area contributed by atoms with Crippen LogP contribution in [0.15, 0.2) is 78.9 Å². The lowest BCUT2D eigenvalue weighted by Crippen LogP contribution is -2.39. The van der Waals surface area contributed by atoms with Crippen molar-refractivity contribution < 1.29 is 4.79 Å². The fourth-order valence-electron chi connectivity index (χ4n) is 3.79. The van der Waals surface area contributed by atoms with Crippen molar-refractivity contribution in [3.8, 4) is 0 Å². The number of nitrogens with zero attached hydrogens (tertiary/aromatic N) is 2. The molecule has 4 nitrogen and oxygen atoms in total. The Kier molecular flexibility index (Phi) is 6.68. The number of carbonyl (C=O) groups is 1. The molecule has 1 N–H and O–H groups in total. The van der Waals surface area contributed by atoms with Crippen molar-refractivity contribution in [3.05, 3.63) is 95.0 Å². The summed E-state index contributed by atoms with van der Waals surface area (Å²) in [6, 6.07) is 26.3. The highest BCUT2D eigenvalue weighted by Gasteiger charge is 2.36. The normalized spacial score (nSPS) is 13.2. The summed E-state index contributed by atoms with van der Waals surface area (Å²) in [7, 11) is 4.15. The molecule has 1 atom stereocenters. The van der Waals surface area contributed by atoms with Gasteiger partial charge < -0.3 is 10.2 Å². The molecule has 3 aromatic carbocycles. The zero-order valence-electron chi connectivity index (χ0n) is 18.8. The number of carbonyl (C=O) groups excluding carboxylic acids is 1. The van der Waals surface area contributed by atoms with E-state index < -0.39 is 5.41 Å². The van der Waals surface area contributed by atoms with E-state index in [-0.39, 0.29) is 5.91 Å². The maximum absolute atomic E-state index is 13.6. The van der Waals surface area contributed by atoms with Gasteiger partial charge in [0.1, 0.15) is 0 Å². The Morgan fingerprint density at radius 1 is 0.969 bits per heavy atom. The van der Waals surface area contributed by atoms with Gasteiger partial charge in [0.15, 0.2) is 0 Å². The highest BCUT2D eigenvalue weighted by atomic mass is 32.1. The molecule has 1 unspecified atom stereocenters. The van der Waals surface area contributed by atoms with E-state index in [1.165, 1.54) is 5.56 Å². The molecule has 4 rings (SSSR count). The van der Waals surface area contributed by atoms with Gasteiger partial charge in [-0.25, -0.2) is 4.98 Å². The van der Waals surface area contributed by atoms with Crippen molar-refractivity contribution in [1.82, 2.24) is 9.88 Å². The third-order valence-corrected chi connectivity index (χ3v) is 6.85. The van der Waals surface area contributed by atoms with Crippen molar-refractivity contribution in [3.63, 3.8) is 0 Å². The maximum atomic E-state index is 13.6. The molecule has 1 amide bonds. The molecule has 4 aromatic rings. The van der Waals surface area contributed by atoms with Gasteiger partial charge in [-0.2, -0.15) is 0 Å². The van der Waals surface area contributed by atoms with Crippen LogP contribution >= 0.6 is 11.3 Å². The molecule has 0 aliphatic carbocycles. The molecule has 32 heavy (non-hydrogen) atoms. The van der Waals surface area contributed by atoms with Crippen molar-refractivity contribution >= 4 is 33.1 Å². The summed E-state index contributed by atoms with van der Waals surface area (Å²) >= 11 is 1.66. The maximum Gasteiger partial charge on any atom is 0.235 e. The summed E-state index contributed by atoms with van der Waals surface area (Å²) in [5.74, 6) is -0.0241. The van der Waals surface area contributed by atoms with E-state index in [2.05, 4.69) is 42.5 Å². The molecule has 0 fully saturated rings. The van der Waals surface area contributed by atoms with Crippen LogP contribution in [0.25, 0.3) is 10.2 Å². The number of aromatic nitrogens is 1. The Morgan fingerprint density at radius 2 is 1.66 bits per heavy atom. The summed E-state index contributed by atoms with van der Waals surface area (Å²) in [4.78, 5) is 20.6. The molecule has 164 valence electrons. The fraction of sp³-hybridized carbons (Fsp3) is 0.259. The third-order valence-electron chi connectivity index (χ3n) is 5.81. The minimum atomic E-state index is -0.737. The molecular weight excluding hydrogens is 414 g/mol. The van der Waals surface area contributed by atoms with Crippen LogP contribution in [0.3, 0.4) is 0 Å². The lowest BCUT2D eigenvalue weighted by Gasteiger charge is -2.28. The number of amides is 1. The van der Waals surface area contributed by atoms with Gasteiger partial charge in [0.05, 0.1) is 20.6 Å². The molecule has 1 aromatic heterocycles. The lowest BCUT2D eigenvalue weighted by atomic mass is 9.78. The van der Waals surface area contributed by atoms with Crippen LogP contribution in [0.5, 0.6) is 0 Å². The molecule has 0 saturated carbocycles. The smallest absolute Gasteiger partial charge is 0.235 e. The predicted molar refractivity (Wildman–Crippen MR) is 134 cm³/mol. The van der Waals surface area contributed by atoms with Crippen molar-refractivity contribution in [2.45, 2.75) is 25.2 Å². The summed E-state index contributed by atoms with van der Waals surface area (Å²) in [6.45, 7) is 3.01. The van der Waals surface area contributed by atoms with Crippen LogP contribution in [0.1, 0.15) is 23.1 Å². The molecule has 0 bridgehead atoms. The van der Waals surface area contributed by atoms with Crippen LogP contribution in [0.2, 0.25) is 0 Å². The largest absolute Gasteiger partial charge is 0.325 e. The Balaban J connectivity index is 1.58. The first-order valence-electron chi connectivity index (χ1n) is 10.9. The fourth-order valence-corrected chi connectivity index (χ4v) is 4.92. The average molecular weight is 444 g/mol. The van der Waals surface area contributed by atoms with Gasteiger partial charge in [-0.1, -0.05) is 54.6 Å². The molecule has 0 saturated heterocycles. The number of para-hydroxylation sites is 1. The average Bonchev–Trinajstić information content (AvgIpc) is 3.21. The molecular formula is C27H29N3OS.